The maximum absolute atomic E-state index is 12.3. The Labute approximate surface area is 190 Å². The summed E-state index contributed by atoms with van der Waals surface area (Å²) < 4.78 is 10.9. The number of hydrogen-bond acceptors (Lipinski definition) is 8. The number of fused-ring (bicyclic) bond motifs is 2. The molecule has 2 aliphatic rings. The minimum atomic E-state index is -0.484. The second-order valence-corrected chi connectivity index (χ2v) is 9.94. The van der Waals surface area contributed by atoms with Crippen LogP contribution in [0.1, 0.15) is 32.8 Å². The first kappa shape index (κ1) is 20.7. The molecule has 1 aromatic carbocycles. The van der Waals surface area contributed by atoms with Gasteiger partial charge >= 0.3 is 6.09 Å². The van der Waals surface area contributed by atoms with Crippen LogP contribution in [0.25, 0.3) is 10.1 Å². The molecule has 2 aromatic heterocycles. The Bertz CT molecular complexity index is 1200. The molecule has 0 saturated carbocycles. The highest BCUT2D eigenvalue weighted by molar-refractivity contribution is 7.13. The summed E-state index contributed by atoms with van der Waals surface area (Å²) in [4.78, 5) is 23.0. The summed E-state index contributed by atoms with van der Waals surface area (Å²) >= 11 is 1.49. The number of nitrogens with one attached hydrogen (secondary N) is 2. The van der Waals surface area contributed by atoms with Crippen LogP contribution in [-0.4, -0.2) is 50.1 Å². The summed E-state index contributed by atoms with van der Waals surface area (Å²) in [5.41, 5.74) is 2.87. The third kappa shape index (κ3) is 4.25. The quantitative estimate of drug-likeness (QED) is 0.557. The number of carbonyl (C=O) groups is 1. The number of nitrogens with zero attached hydrogens (tertiary/aromatic N) is 4. The topological polar surface area (TPSA) is 92.3 Å². The number of aromatic nitrogens is 3. The van der Waals surface area contributed by atoms with Crippen molar-refractivity contribution in [1.29, 1.82) is 0 Å². The summed E-state index contributed by atoms with van der Waals surface area (Å²) in [6, 6.07) is 6.36. The van der Waals surface area contributed by atoms with Gasteiger partial charge in [-0.15, -0.1) is 0 Å². The lowest BCUT2D eigenvalue weighted by Crippen LogP contribution is -2.40. The van der Waals surface area contributed by atoms with E-state index in [0.29, 0.717) is 13.1 Å². The van der Waals surface area contributed by atoms with E-state index in [1.54, 1.807) is 11.2 Å². The highest BCUT2D eigenvalue weighted by Crippen LogP contribution is 2.34. The van der Waals surface area contributed by atoms with Crippen molar-refractivity contribution in [1.82, 2.24) is 19.2 Å². The monoisotopic (exact) mass is 450 g/mol. The lowest BCUT2D eigenvalue weighted by atomic mass is 9.97. The summed E-state index contributed by atoms with van der Waals surface area (Å²) in [5.74, 6) is 1.68. The van der Waals surface area contributed by atoms with Gasteiger partial charge in [-0.2, -0.15) is 4.37 Å². The molecule has 1 amide bonds. The Kier molecular flexibility index (Phi) is 5.21. The van der Waals surface area contributed by atoms with Crippen molar-refractivity contribution in [2.24, 2.45) is 0 Å². The van der Waals surface area contributed by atoms with Crippen molar-refractivity contribution in [2.45, 2.75) is 45.3 Å². The fraction of sp³-hybridized carbons (Fsp3) is 0.391. The zero-order valence-electron chi connectivity index (χ0n) is 18.4. The lowest BCUT2D eigenvalue weighted by molar-refractivity contribution is 0.0265. The van der Waals surface area contributed by atoms with E-state index in [0.717, 1.165) is 45.8 Å². The zero-order valence-corrected chi connectivity index (χ0v) is 19.2. The van der Waals surface area contributed by atoms with E-state index in [-0.39, 0.29) is 12.1 Å². The largest absolute Gasteiger partial charge is 0.444 e. The number of carbonyl (C=O) groups excluding carboxylic acids is 1. The SMILES string of the molecule is CC(C)(C)OC(=O)N1CC=C(C2Cc3c(Nc4ccc5sncc5c4)ncnc3N2)CC1. The molecule has 32 heavy (non-hydrogen) atoms. The van der Waals surface area contributed by atoms with Crippen molar-refractivity contribution < 1.29 is 9.53 Å². The first-order valence-corrected chi connectivity index (χ1v) is 11.5. The van der Waals surface area contributed by atoms with Crippen molar-refractivity contribution in [2.75, 3.05) is 23.7 Å². The van der Waals surface area contributed by atoms with Gasteiger partial charge < -0.3 is 20.3 Å². The van der Waals surface area contributed by atoms with Crippen LogP contribution in [0.2, 0.25) is 0 Å². The van der Waals surface area contributed by atoms with Crippen molar-refractivity contribution in [3.8, 4) is 0 Å². The highest BCUT2D eigenvalue weighted by atomic mass is 32.1. The van der Waals surface area contributed by atoms with Crippen LogP contribution in [0.3, 0.4) is 0 Å². The minimum Gasteiger partial charge on any atom is -0.444 e. The van der Waals surface area contributed by atoms with E-state index in [4.69, 9.17) is 4.74 Å². The van der Waals surface area contributed by atoms with Gasteiger partial charge in [-0.25, -0.2) is 14.8 Å². The standard InChI is InChI=1S/C23H26N6O2S/c1-23(2,3)31-22(30)29-8-6-14(7-9-29)18-11-17-20(24-13-25-21(17)28-18)27-16-4-5-19-15(10-16)12-26-32-19/h4-6,10,12-13,18H,7-9,11H2,1-3H3,(H2,24,25,27,28). The number of rotatable bonds is 3. The maximum atomic E-state index is 12.3. The van der Waals surface area contributed by atoms with Crippen LogP contribution in [0.5, 0.6) is 0 Å². The molecule has 2 aliphatic heterocycles. The van der Waals surface area contributed by atoms with Crippen LogP contribution >= 0.6 is 11.5 Å². The molecule has 5 rings (SSSR count). The van der Waals surface area contributed by atoms with Gasteiger partial charge in [0, 0.05) is 42.3 Å². The Morgan fingerprint density at radius 2 is 2.19 bits per heavy atom. The number of anilines is 3. The summed E-state index contributed by atoms with van der Waals surface area (Å²) in [6.45, 7) is 6.87. The van der Waals surface area contributed by atoms with Gasteiger partial charge in [-0.3, -0.25) is 0 Å². The average Bonchev–Trinajstić information content (AvgIpc) is 3.40. The molecule has 1 unspecified atom stereocenters. The van der Waals surface area contributed by atoms with Gasteiger partial charge in [-0.05, 0) is 62.5 Å². The predicted molar refractivity (Wildman–Crippen MR) is 127 cm³/mol. The second-order valence-electron chi connectivity index (χ2n) is 9.11. The molecule has 1 atom stereocenters. The molecular weight excluding hydrogens is 424 g/mol. The fourth-order valence-corrected chi connectivity index (χ4v) is 4.69. The normalized spacial score (nSPS) is 18.2. The van der Waals surface area contributed by atoms with Crippen molar-refractivity contribution >= 4 is 45.0 Å². The molecular formula is C23H26N6O2S. The summed E-state index contributed by atoms with van der Waals surface area (Å²) in [7, 11) is 0. The number of hydrogen-bond donors (Lipinski definition) is 2. The first-order valence-electron chi connectivity index (χ1n) is 10.7. The van der Waals surface area contributed by atoms with E-state index in [1.165, 1.54) is 17.1 Å². The van der Waals surface area contributed by atoms with E-state index in [2.05, 4.69) is 43.2 Å². The molecule has 0 saturated heterocycles. The Hall–Kier alpha value is -3.20. The molecule has 0 spiro atoms. The second kappa shape index (κ2) is 8.05. The zero-order chi connectivity index (χ0) is 22.3. The molecule has 0 fully saturated rings. The van der Waals surface area contributed by atoms with E-state index < -0.39 is 5.60 Å². The Balaban J connectivity index is 1.28. The number of benzene rings is 1. The minimum absolute atomic E-state index is 0.159. The van der Waals surface area contributed by atoms with Crippen LogP contribution in [-0.2, 0) is 11.2 Å². The third-order valence-corrected chi connectivity index (χ3v) is 6.40. The van der Waals surface area contributed by atoms with Gasteiger partial charge in [-0.1, -0.05) is 6.08 Å². The molecule has 0 bridgehead atoms. The van der Waals surface area contributed by atoms with Gasteiger partial charge in [0.15, 0.2) is 0 Å². The third-order valence-electron chi connectivity index (χ3n) is 5.62. The fourth-order valence-electron chi connectivity index (χ4n) is 4.06. The molecule has 4 heterocycles. The summed E-state index contributed by atoms with van der Waals surface area (Å²) in [6.07, 6.45) is 6.95. The van der Waals surface area contributed by atoms with Gasteiger partial charge in [0.1, 0.15) is 23.6 Å². The molecule has 9 heteroatoms. The summed E-state index contributed by atoms with van der Waals surface area (Å²) in [5, 5.41) is 8.10. The lowest BCUT2D eigenvalue weighted by Gasteiger charge is -2.31. The predicted octanol–water partition coefficient (Wildman–Crippen LogP) is 4.73. The smallest absolute Gasteiger partial charge is 0.410 e. The van der Waals surface area contributed by atoms with Gasteiger partial charge in [0.05, 0.1) is 10.7 Å². The Morgan fingerprint density at radius 1 is 1.31 bits per heavy atom. The molecule has 166 valence electrons. The van der Waals surface area contributed by atoms with Crippen LogP contribution in [0, 0.1) is 0 Å². The van der Waals surface area contributed by atoms with Crippen molar-refractivity contribution in [3.63, 3.8) is 0 Å². The van der Waals surface area contributed by atoms with Crippen molar-refractivity contribution in [3.05, 3.63) is 47.9 Å². The highest BCUT2D eigenvalue weighted by Gasteiger charge is 2.31. The van der Waals surface area contributed by atoms with Crippen LogP contribution < -0.4 is 10.6 Å². The average molecular weight is 451 g/mol. The molecule has 0 radical (unpaired) electrons. The molecule has 2 N–H and O–H groups in total. The maximum Gasteiger partial charge on any atom is 0.410 e. The number of amides is 1. The van der Waals surface area contributed by atoms with Gasteiger partial charge in [0.25, 0.3) is 0 Å². The van der Waals surface area contributed by atoms with Crippen LogP contribution in [0.15, 0.2) is 42.4 Å². The van der Waals surface area contributed by atoms with Crippen LogP contribution in [0.4, 0.5) is 22.1 Å². The van der Waals surface area contributed by atoms with E-state index in [1.807, 2.05) is 33.0 Å². The van der Waals surface area contributed by atoms with Gasteiger partial charge in [0.2, 0.25) is 0 Å². The first-order chi connectivity index (χ1) is 15.4. The Morgan fingerprint density at radius 3 is 2.97 bits per heavy atom. The molecule has 3 aromatic rings. The molecule has 8 nitrogen and oxygen atoms in total. The van der Waals surface area contributed by atoms with E-state index >= 15 is 0 Å². The number of ether oxygens (including phenoxy) is 1. The molecule has 0 aliphatic carbocycles. The van der Waals surface area contributed by atoms with E-state index in [9.17, 15) is 4.79 Å².